The van der Waals surface area contributed by atoms with Crippen molar-refractivity contribution >= 4 is 21.4 Å². The van der Waals surface area contributed by atoms with Crippen LogP contribution in [0.4, 0.5) is 0 Å². The van der Waals surface area contributed by atoms with E-state index in [4.69, 9.17) is 0 Å². The largest absolute Gasteiger partial charge is 0.315 e. The molecule has 0 aromatic carbocycles. The Balaban J connectivity index is 2.31. The van der Waals surface area contributed by atoms with E-state index in [1.807, 2.05) is 0 Å². The molecule has 0 amide bonds. The molecule has 0 spiro atoms. The first kappa shape index (κ1) is 12.8. The summed E-state index contributed by atoms with van der Waals surface area (Å²) in [5.74, 6) is 0.576. The third-order valence-corrected chi connectivity index (χ3v) is 6.58. The topological polar surface area (TPSA) is 70.2 Å². The Bertz CT molecular complexity index is 550. The van der Waals surface area contributed by atoms with Gasteiger partial charge in [0.25, 0.3) is 10.0 Å². The van der Waals surface area contributed by atoms with Crippen molar-refractivity contribution in [2.75, 3.05) is 13.1 Å². The van der Waals surface area contributed by atoms with Crippen molar-refractivity contribution in [2.24, 2.45) is 5.92 Å². The lowest BCUT2D eigenvalue weighted by Crippen LogP contribution is -2.37. The summed E-state index contributed by atoms with van der Waals surface area (Å²) >= 11 is 0.775. The Morgan fingerprint density at radius 1 is 1.35 bits per heavy atom. The standard InChI is InChI=1S/C10H16N2O3S2/c1-7-3-5-12(6-4-7)17(14,15)9-8(2)11-10(13)16-9/h7H,3-6H2,1-2H3,(H,11,13). The maximum atomic E-state index is 12.3. The van der Waals surface area contributed by atoms with Crippen molar-refractivity contribution in [1.82, 2.24) is 9.29 Å². The minimum atomic E-state index is -3.47. The summed E-state index contributed by atoms with van der Waals surface area (Å²) in [5.41, 5.74) is 0.443. The van der Waals surface area contributed by atoms with Crippen molar-refractivity contribution in [3.8, 4) is 0 Å². The van der Waals surface area contributed by atoms with Crippen molar-refractivity contribution < 1.29 is 8.42 Å². The molecule has 96 valence electrons. The van der Waals surface area contributed by atoms with E-state index in [9.17, 15) is 13.2 Å². The van der Waals surface area contributed by atoms with E-state index in [1.54, 1.807) is 6.92 Å². The van der Waals surface area contributed by atoms with Crippen molar-refractivity contribution in [3.05, 3.63) is 15.4 Å². The van der Waals surface area contributed by atoms with Crippen LogP contribution in [0.15, 0.2) is 9.00 Å². The summed E-state index contributed by atoms with van der Waals surface area (Å²) < 4.78 is 26.3. The van der Waals surface area contributed by atoms with E-state index >= 15 is 0 Å². The van der Waals surface area contributed by atoms with Crippen LogP contribution in [0.5, 0.6) is 0 Å². The van der Waals surface area contributed by atoms with Gasteiger partial charge in [-0.05, 0) is 25.7 Å². The molecule has 0 aliphatic carbocycles. The van der Waals surface area contributed by atoms with Crippen LogP contribution in [-0.4, -0.2) is 30.8 Å². The summed E-state index contributed by atoms with van der Waals surface area (Å²) in [6.07, 6.45) is 1.77. The average molecular weight is 276 g/mol. The highest BCUT2D eigenvalue weighted by Crippen LogP contribution is 2.25. The van der Waals surface area contributed by atoms with E-state index in [1.165, 1.54) is 4.31 Å². The summed E-state index contributed by atoms with van der Waals surface area (Å²) in [5, 5.41) is 0. The van der Waals surface area contributed by atoms with Gasteiger partial charge in [-0.3, -0.25) is 4.79 Å². The van der Waals surface area contributed by atoms with E-state index < -0.39 is 10.0 Å². The normalized spacial score (nSPS) is 19.6. The number of nitrogens with zero attached hydrogens (tertiary/aromatic N) is 1. The number of rotatable bonds is 2. The van der Waals surface area contributed by atoms with Gasteiger partial charge in [0.15, 0.2) is 4.21 Å². The fraction of sp³-hybridized carbons (Fsp3) is 0.700. The van der Waals surface area contributed by atoms with E-state index in [2.05, 4.69) is 11.9 Å². The molecule has 17 heavy (non-hydrogen) atoms. The first-order chi connectivity index (χ1) is 7.91. The Morgan fingerprint density at radius 3 is 2.41 bits per heavy atom. The monoisotopic (exact) mass is 276 g/mol. The molecule has 2 heterocycles. The van der Waals surface area contributed by atoms with E-state index in [0.29, 0.717) is 24.7 Å². The number of hydrogen-bond acceptors (Lipinski definition) is 4. The van der Waals surface area contributed by atoms with Gasteiger partial charge in [-0.15, -0.1) is 0 Å². The molecule has 1 aromatic rings. The summed E-state index contributed by atoms with van der Waals surface area (Å²) in [6.45, 7) is 4.85. The molecule has 0 saturated carbocycles. The van der Waals surface area contributed by atoms with Gasteiger partial charge in [0.1, 0.15) is 0 Å². The first-order valence-corrected chi connectivity index (χ1v) is 7.87. The van der Waals surface area contributed by atoms with Crippen molar-refractivity contribution in [1.29, 1.82) is 0 Å². The first-order valence-electron chi connectivity index (χ1n) is 5.61. The van der Waals surface area contributed by atoms with Gasteiger partial charge in [-0.2, -0.15) is 4.31 Å². The second kappa shape index (κ2) is 4.55. The Kier molecular flexibility index (Phi) is 3.42. The second-order valence-corrected chi connectivity index (χ2v) is 7.63. The minimum absolute atomic E-state index is 0.164. The third-order valence-electron chi connectivity index (χ3n) is 3.10. The number of nitrogens with one attached hydrogen (secondary N) is 1. The molecule has 1 aliphatic rings. The molecule has 7 heteroatoms. The second-order valence-electron chi connectivity index (χ2n) is 4.51. The fourth-order valence-electron chi connectivity index (χ4n) is 1.98. The molecule has 0 bridgehead atoms. The van der Waals surface area contributed by atoms with Crippen LogP contribution in [0.1, 0.15) is 25.5 Å². The molecule has 0 atom stereocenters. The molecule has 1 aliphatic heterocycles. The smallest absolute Gasteiger partial charge is 0.305 e. The number of piperidine rings is 1. The van der Waals surface area contributed by atoms with Crippen LogP contribution in [0.2, 0.25) is 0 Å². The van der Waals surface area contributed by atoms with Crippen molar-refractivity contribution in [2.45, 2.75) is 30.9 Å². The van der Waals surface area contributed by atoms with Gasteiger partial charge in [0, 0.05) is 18.8 Å². The van der Waals surface area contributed by atoms with Crippen LogP contribution in [0.25, 0.3) is 0 Å². The lowest BCUT2D eigenvalue weighted by molar-refractivity contribution is 0.288. The van der Waals surface area contributed by atoms with Crippen LogP contribution in [0.3, 0.4) is 0 Å². The molecular formula is C10H16N2O3S2. The predicted octanol–water partition coefficient (Wildman–Crippen LogP) is 1.17. The van der Waals surface area contributed by atoms with Gasteiger partial charge in [0.2, 0.25) is 0 Å². The van der Waals surface area contributed by atoms with Gasteiger partial charge in [-0.25, -0.2) is 8.42 Å². The summed E-state index contributed by atoms with van der Waals surface area (Å²) in [6, 6.07) is 0. The number of sulfonamides is 1. The highest BCUT2D eigenvalue weighted by atomic mass is 32.2. The summed E-state index contributed by atoms with van der Waals surface area (Å²) in [7, 11) is -3.47. The van der Waals surface area contributed by atoms with Crippen molar-refractivity contribution in [3.63, 3.8) is 0 Å². The highest BCUT2D eigenvalue weighted by molar-refractivity contribution is 7.91. The number of aromatic amines is 1. The lowest BCUT2D eigenvalue weighted by Gasteiger charge is -2.28. The molecule has 0 radical (unpaired) electrons. The molecule has 0 unspecified atom stereocenters. The van der Waals surface area contributed by atoms with Gasteiger partial charge >= 0.3 is 4.87 Å². The summed E-state index contributed by atoms with van der Waals surface area (Å²) in [4.78, 5) is 13.4. The zero-order chi connectivity index (χ0) is 12.6. The maximum absolute atomic E-state index is 12.3. The van der Waals surface area contributed by atoms with Crippen LogP contribution in [0, 0.1) is 12.8 Å². The fourth-order valence-corrected chi connectivity index (χ4v) is 4.88. The number of H-pyrrole nitrogens is 1. The third kappa shape index (κ3) is 2.46. The number of aromatic nitrogens is 1. The quantitative estimate of drug-likeness (QED) is 0.881. The van der Waals surface area contributed by atoms with Gasteiger partial charge in [0.05, 0.1) is 0 Å². The van der Waals surface area contributed by atoms with Crippen LogP contribution < -0.4 is 4.87 Å². The molecule has 5 nitrogen and oxygen atoms in total. The SMILES string of the molecule is Cc1[nH]c(=O)sc1S(=O)(=O)N1CCC(C)CC1. The molecule has 1 aromatic heterocycles. The predicted molar refractivity (Wildman–Crippen MR) is 66.8 cm³/mol. The van der Waals surface area contributed by atoms with Crippen LogP contribution in [-0.2, 0) is 10.0 Å². The maximum Gasteiger partial charge on any atom is 0.305 e. The number of aryl methyl sites for hydroxylation is 1. The highest BCUT2D eigenvalue weighted by Gasteiger charge is 2.30. The Morgan fingerprint density at radius 2 is 1.94 bits per heavy atom. The average Bonchev–Trinajstić information content (AvgIpc) is 2.59. The van der Waals surface area contributed by atoms with Gasteiger partial charge < -0.3 is 4.98 Å². The zero-order valence-corrected chi connectivity index (χ0v) is 11.5. The number of hydrogen-bond donors (Lipinski definition) is 1. The zero-order valence-electron chi connectivity index (χ0n) is 9.89. The molecule has 1 fully saturated rings. The molecule has 2 rings (SSSR count). The Hall–Kier alpha value is -0.660. The molecule has 1 saturated heterocycles. The Labute approximate surface area is 105 Å². The lowest BCUT2D eigenvalue weighted by atomic mass is 10.0. The van der Waals surface area contributed by atoms with E-state index in [0.717, 1.165) is 24.2 Å². The molecule has 1 N–H and O–H groups in total. The van der Waals surface area contributed by atoms with E-state index in [-0.39, 0.29) is 9.08 Å². The van der Waals surface area contributed by atoms with Crippen LogP contribution >= 0.6 is 11.3 Å². The molecular weight excluding hydrogens is 260 g/mol. The number of thiazole rings is 1. The minimum Gasteiger partial charge on any atom is -0.315 e. The van der Waals surface area contributed by atoms with Gasteiger partial charge in [-0.1, -0.05) is 18.3 Å².